The Morgan fingerprint density at radius 1 is 1.35 bits per heavy atom. The molecule has 0 fully saturated rings. The largest absolute Gasteiger partial charge is 0.492 e. The zero-order chi connectivity index (χ0) is 12.5. The standard InChI is InChI=1S/C14H20N2O/c1-12-5-7-14(8-6-12)17-11-13(2)16-10-4-3-9-15/h5-8,13,16H,3-4,10-11H2,1-2H3. The fraction of sp³-hybridized carbons (Fsp3) is 0.500. The Balaban J connectivity index is 2.17. The first-order chi connectivity index (χ1) is 8.22. The zero-order valence-electron chi connectivity index (χ0n) is 10.6. The SMILES string of the molecule is Cc1ccc(OCC(C)NCCCC#N)cc1. The van der Waals surface area contributed by atoms with E-state index in [0.29, 0.717) is 19.1 Å². The lowest BCUT2D eigenvalue weighted by molar-refractivity contribution is 0.273. The van der Waals surface area contributed by atoms with Gasteiger partial charge in [-0.2, -0.15) is 5.26 Å². The molecule has 3 nitrogen and oxygen atoms in total. The van der Waals surface area contributed by atoms with E-state index in [0.717, 1.165) is 18.7 Å². The molecule has 0 bridgehead atoms. The fourth-order valence-electron chi connectivity index (χ4n) is 1.43. The van der Waals surface area contributed by atoms with E-state index in [2.05, 4.69) is 25.2 Å². The van der Waals surface area contributed by atoms with Crippen molar-refractivity contribution in [2.45, 2.75) is 32.7 Å². The summed E-state index contributed by atoms with van der Waals surface area (Å²) < 4.78 is 5.65. The van der Waals surface area contributed by atoms with E-state index < -0.39 is 0 Å². The van der Waals surface area contributed by atoms with E-state index >= 15 is 0 Å². The summed E-state index contributed by atoms with van der Waals surface area (Å²) in [7, 11) is 0. The van der Waals surface area contributed by atoms with Crippen LogP contribution in [0.5, 0.6) is 5.75 Å². The lowest BCUT2D eigenvalue weighted by atomic mass is 10.2. The molecule has 0 amide bonds. The number of unbranched alkanes of at least 4 members (excludes halogenated alkanes) is 1. The first-order valence-corrected chi connectivity index (χ1v) is 6.02. The number of hydrogen-bond acceptors (Lipinski definition) is 3. The second kappa shape index (κ2) is 7.70. The van der Waals surface area contributed by atoms with Gasteiger partial charge in [-0.25, -0.2) is 0 Å². The Morgan fingerprint density at radius 3 is 2.71 bits per heavy atom. The summed E-state index contributed by atoms with van der Waals surface area (Å²) in [5, 5.41) is 11.7. The number of benzene rings is 1. The number of nitrogens with one attached hydrogen (secondary N) is 1. The molecule has 1 aromatic carbocycles. The molecule has 92 valence electrons. The number of ether oxygens (including phenoxy) is 1. The summed E-state index contributed by atoms with van der Waals surface area (Å²) in [5.74, 6) is 0.904. The molecule has 17 heavy (non-hydrogen) atoms. The van der Waals surface area contributed by atoms with E-state index in [4.69, 9.17) is 10.00 Å². The molecule has 1 aromatic rings. The summed E-state index contributed by atoms with van der Waals surface area (Å²) >= 11 is 0. The summed E-state index contributed by atoms with van der Waals surface area (Å²) in [6.07, 6.45) is 1.50. The van der Waals surface area contributed by atoms with Crippen LogP contribution in [0, 0.1) is 18.3 Å². The van der Waals surface area contributed by atoms with Gasteiger partial charge in [0.05, 0.1) is 6.07 Å². The molecule has 1 atom stereocenters. The average molecular weight is 232 g/mol. The van der Waals surface area contributed by atoms with Crippen molar-refractivity contribution in [3.05, 3.63) is 29.8 Å². The van der Waals surface area contributed by atoms with Crippen LogP contribution < -0.4 is 10.1 Å². The molecule has 0 heterocycles. The van der Waals surface area contributed by atoms with Gasteiger partial charge in [0.2, 0.25) is 0 Å². The summed E-state index contributed by atoms with van der Waals surface area (Å²) in [6, 6.07) is 10.5. The van der Waals surface area contributed by atoms with Gasteiger partial charge in [0.25, 0.3) is 0 Å². The van der Waals surface area contributed by atoms with Crippen LogP contribution in [0.2, 0.25) is 0 Å². The second-order valence-electron chi connectivity index (χ2n) is 4.24. The summed E-state index contributed by atoms with van der Waals surface area (Å²) in [4.78, 5) is 0. The second-order valence-corrected chi connectivity index (χ2v) is 4.24. The molecule has 0 aliphatic rings. The highest BCUT2D eigenvalue weighted by atomic mass is 16.5. The third-order valence-electron chi connectivity index (χ3n) is 2.48. The highest BCUT2D eigenvalue weighted by Crippen LogP contribution is 2.11. The monoisotopic (exact) mass is 232 g/mol. The van der Waals surface area contributed by atoms with E-state index in [-0.39, 0.29) is 0 Å². The normalized spacial score (nSPS) is 11.8. The highest BCUT2D eigenvalue weighted by molar-refractivity contribution is 5.26. The van der Waals surface area contributed by atoms with Gasteiger partial charge < -0.3 is 10.1 Å². The van der Waals surface area contributed by atoms with Crippen LogP contribution in [0.1, 0.15) is 25.3 Å². The summed E-state index contributed by atoms with van der Waals surface area (Å²) in [5.41, 5.74) is 1.24. The van der Waals surface area contributed by atoms with Gasteiger partial charge in [-0.05, 0) is 38.9 Å². The van der Waals surface area contributed by atoms with Crippen LogP contribution in [0.4, 0.5) is 0 Å². The Kier molecular flexibility index (Phi) is 6.13. The first kappa shape index (κ1) is 13.5. The number of nitrogens with zero attached hydrogens (tertiary/aromatic N) is 1. The lowest BCUT2D eigenvalue weighted by Gasteiger charge is -2.14. The predicted molar refractivity (Wildman–Crippen MR) is 69.0 cm³/mol. The van der Waals surface area contributed by atoms with Crippen LogP contribution in [-0.2, 0) is 0 Å². The molecule has 0 aliphatic carbocycles. The smallest absolute Gasteiger partial charge is 0.119 e. The van der Waals surface area contributed by atoms with Crippen molar-refractivity contribution < 1.29 is 4.74 Å². The van der Waals surface area contributed by atoms with Gasteiger partial charge in [-0.3, -0.25) is 0 Å². The number of nitriles is 1. The fourth-order valence-corrected chi connectivity index (χ4v) is 1.43. The Hall–Kier alpha value is -1.53. The minimum absolute atomic E-state index is 0.301. The van der Waals surface area contributed by atoms with Crippen molar-refractivity contribution in [3.63, 3.8) is 0 Å². The van der Waals surface area contributed by atoms with Crippen molar-refractivity contribution in [2.75, 3.05) is 13.2 Å². The molecule has 1 N–H and O–H groups in total. The number of hydrogen-bond donors (Lipinski definition) is 1. The maximum absolute atomic E-state index is 8.40. The predicted octanol–water partition coefficient (Wildman–Crippen LogP) is 2.66. The molecule has 0 spiro atoms. The molecule has 3 heteroatoms. The summed E-state index contributed by atoms with van der Waals surface area (Å²) in [6.45, 7) is 5.66. The molecule has 0 saturated heterocycles. The molecule has 0 radical (unpaired) electrons. The maximum Gasteiger partial charge on any atom is 0.119 e. The third-order valence-corrected chi connectivity index (χ3v) is 2.48. The van der Waals surface area contributed by atoms with Crippen LogP contribution in [0.15, 0.2) is 24.3 Å². The lowest BCUT2D eigenvalue weighted by Crippen LogP contribution is -2.32. The molecule has 1 rings (SSSR count). The maximum atomic E-state index is 8.40. The van der Waals surface area contributed by atoms with E-state index in [1.807, 2.05) is 24.3 Å². The van der Waals surface area contributed by atoms with Crippen LogP contribution >= 0.6 is 0 Å². The van der Waals surface area contributed by atoms with Crippen molar-refractivity contribution >= 4 is 0 Å². The first-order valence-electron chi connectivity index (χ1n) is 6.02. The van der Waals surface area contributed by atoms with Crippen LogP contribution in [0.25, 0.3) is 0 Å². The molecule has 0 aromatic heterocycles. The van der Waals surface area contributed by atoms with E-state index in [1.165, 1.54) is 5.56 Å². The van der Waals surface area contributed by atoms with Gasteiger partial charge in [0, 0.05) is 12.5 Å². The Bertz CT molecular complexity index is 353. The third kappa shape index (κ3) is 5.94. The topological polar surface area (TPSA) is 45.0 Å². The van der Waals surface area contributed by atoms with E-state index in [1.54, 1.807) is 0 Å². The molecular weight excluding hydrogens is 212 g/mol. The average Bonchev–Trinajstić information content (AvgIpc) is 2.34. The van der Waals surface area contributed by atoms with Gasteiger partial charge in [0.15, 0.2) is 0 Å². The van der Waals surface area contributed by atoms with Gasteiger partial charge in [0.1, 0.15) is 12.4 Å². The van der Waals surface area contributed by atoms with Crippen LogP contribution in [-0.4, -0.2) is 19.2 Å². The van der Waals surface area contributed by atoms with Gasteiger partial charge >= 0.3 is 0 Å². The van der Waals surface area contributed by atoms with Crippen molar-refractivity contribution in [1.82, 2.24) is 5.32 Å². The number of aryl methyl sites for hydroxylation is 1. The van der Waals surface area contributed by atoms with Crippen LogP contribution in [0.3, 0.4) is 0 Å². The van der Waals surface area contributed by atoms with Gasteiger partial charge in [-0.1, -0.05) is 17.7 Å². The Morgan fingerprint density at radius 2 is 2.06 bits per heavy atom. The van der Waals surface area contributed by atoms with Crippen molar-refractivity contribution in [2.24, 2.45) is 0 Å². The quantitative estimate of drug-likeness (QED) is 0.735. The van der Waals surface area contributed by atoms with E-state index in [9.17, 15) is 0 Å². The Labute approximate surface area is 103 Å². The molecular formula is C14H20N2O. The number of rotatable bonds is 7. The van der Waals surface area contributed by atoms with Crippen molar-refractivity contribution in [3.8, 4) is 11.8 Å². The zero-order valence-corrected chi connectivity index (χ0v) is 10.6. The molecule has 0 aliphatic heterocycles. The van der Waals surface area contributed by atoms with Gasteiger partial charge in [-0.15, -0.1) is 0 Å². The minimum Gasteiger partial charge on any atom is -0.492 e. The highest BCUT2D eigenvalue weighted by Gasteiger charge is 2.01. The molecule has 1 unspecified atom stereocenters. The minimum atomic E-state index is 0.301. The van der Waals surface area contributed by atoms with Crippen molar-refractivity contribution in [1.29, 1.82) is 5.26 Å². The molecule has 0 saturated carbocycles.